The third-order valence-corrected chi connectivity index (χ3v) is 5.11. The van der Waals surface area contributed by atoms with Gasteiger partial charge in [-0.05, 0) is 55.2 Å². The normalized spacial score (nSPS) is 19.6. The topological polar surface area (TPSA) is 56.2 Å². The van der Waals surface area contributed by atoms with Crippen molar-refractivity contribution in [2.45, 2.75) is 57.6 Å². The number of anilines is 1. The zero-order chi connectivity index (χ0) is 17.1. The molecule has 1 amide bonds. The Morgan fingerprint density at radius 3 is 2.96 bits per heavy atom. The summed E-state index contributed by atoms with van der Waals surface area (Å²) in [5.74, 6) is 0.00688. The van der Waals surface area contributed by atoms with Crippen LogP contribution in [0.2, 0.25) is 0 Å². The first-order valence-electron chi connectivity index (χ1n) is 9.31. The van der Waals surface area contributed by atoms with Crippen LogP contribution in [0.25, 0.3) is 0 Å². The van der Waals surface area contributed by atoms with Gasteiger partial charge in [-0.3, -0.25) is 9.48 Å². The van der Waals surface area contributed by atoms with E-state index in [1.54, 1.807) is 6.20 Å². The summed E-state index contributed by atoms with van der Waals surface area (Å²) in [6.07, 6.45) is 11.3. The average molecular weight is 339 g/mol. The smallest absolute Gasteiger partial charge is 0.228 e. The second-order valence-corrected chi connectivity index (χ2v) is 7.12. The summed E-state index contributed by atoms with van der Waals surface area (Å²) in [4.78, 5) is 12.3. The van der Waals surface area contributed by atoms with Crippen LogP contribution in [0.1, 0.15) is 42.4 Å². The SMILES string of the molecule is O=C(Cc1ccc2c(c1)CCCC2)Nc1cnn(CC2CCCO2)c1. The van der Waals surface area contributed by atoms with Gasteiger partial charge >= 0.3 is 0 Å². The van der Waals surface area contributed by atoms with Gasteiger partial charge in [0, 0.05) is 12.8 Å². The van der Waals surface area contributed by atoms with E-state index in [0.29, 0.717) is 6.42 Å². The number of nitrogens with one attached hydrogen (secondary N) is 1. The zero-order valence-electron chi connectivity index (χ0n) is 14.5. The molecule has 1 aromatic carbocycles. The number of rotatable bonds is 5. The number of fused-ring (bicyclic) bond motifs is 1. The lowest BCUT2D eigenvalue weighted by molar-refractivity contribution is -0.115. The Kier molecular flexibility index (Phi) is 4.83. The van der Waals surface area contributed by atoms with Crippen molar-refractivity contribution in [1.29, 1.82) is 0 Å². The van der Waals surface area contributed by atoms with E-state index in [-0.39, 0.29) is 12.0 Å². The number of aryl methyl sites for hydroxylation is 2. The Morgan fingerprint density at radius 2 is 2.12 bits per heavy atom. The standard InChI is InChI=1S/C20H25N3O2/c24-20(11-15-7-8-16-4-1-2-5-17(16)10-15)22-18-12-21-23(13-18)14-19-6-3-9-25-19/h7-8,10,12-13,19H,1-6,9,11,14H2,(H,22,24). The van der Waals surface area contributed by atoms with Crippen molar-refractivity contribution in [3.8, 4) is 0 Å². The van der Waals surface area contributed by atoms with Gasteiger partial charge in [-0.2, -0.15) is 5.10 Å². The monoisotopic (exact) mass is 339 g/mol. The lowest BCUT2D eigenvalue weighted by Crippen LogP contribution is -2.16. The van der Waals surface area contributed by atoms with E-state index in [1.807, 2.05) is 10.9 Å². The molecule has 1 fully saturated rings. The molecule has 2 aromatic rings. The van der Waals surface area contributed by atoms with Crippen molar-refractivity contribution in [1.82, 2.24) is 9.78 Å². The minimum atomic E-state index is 0.00688. The molecule has 132 valence electrons. The van der Waals surface area contributed by atoms with Gasteiger partial charge in [0.25, 0.3) is 0 Å². The zero-order valence-corrected chi connectivity index (χ0v) is 14.5. The van der Waals surface area contributed by atoms with Crippen LogP contribution in [0.4, 0.5) is 5.69 Å². The van der Waals surface area contributed by atoms with Gasteiger partial charge in [0.05, 0.1) is 31.0 Å². The van der Waals surface area contributed by atoms with Gasteiger partial charge in [0.2, 0.25) is 5.91 Å². The molecule has 0 radical (unpaired) electrons. The van der Waals surface area contributed by atoms with Crippen LogP contribution in [0.15, 0.2) is 30.6 Å². The van der Waals surface area contributed by atoms with Crippen molar-refractivity contribution >= 4 is 11.6 Å². The number of carbonyl (C=O) groups is 1. The summed E-state index contributed by atoms with van der Waals surface area (Å²) in [7, 11) is 0. The van der Waals surface area contributed by atoms with E-state index in [9.17, 15) is 4.79 Å². The number of ether oxygens (including phenoxy) is 1. The van der Waals surface area contributed by atoms with Crippen LogP contribution in [0, 0.1) is 0 Å². The lowest BCUT2D eigenvalue weighted by Gasteiger charge is -2.16. The third-order valence-electron chi connectivity index (χ3n) is 5.11. The number of aromatic nitrogens is 2. The van der Waals surface area contributed by atoms with Crippen LogP contribution in [-0.2, 0) is 35.3 Å². The number of carbonyl (C=O) groups excluding carboxylic acids is 1. The maximum Gasteiger partial charge on any atom is 0.228 e. The predicted molar refractivity (Wildman–Crippen MR) is 96.6 cm³/mol. The average Bonchev–Trinajstić information content (AvgIpc) is 3.27. The van der Waals surface area contributed by atoms with Gasteiger partial charge in [-0.15, -0.1) is 0 Å². The highest BCUT2D eigenvalue weighted by atomic mass is 16.5. The number of benzene rings is 1. The van der Waals surface area contributed by atoms with Crippen molar-refractivity contribution < 1.29 is 9.53 Å². The van der Waals surface area contributed by atoms with E-state index < -0.39 is 0 Å². The number of hydrogen-bond donors (Lipinski definition) is 1. The summed E-state index contributed by atoms with van der Waals surface area (Å²) in [5.41, 5.74) is 4.71. The molecule has 5 nitrogen and oxygen atoms in total. The highest BCUT2D eigenvalue weighted by Crippen LogP contribution is 2.22. The molecule has 2 aliphatic rings. The minimum Gasteiger partial charge on any atom is -0.376 e. The van der Waals surface area contributed by atoms with Crippen molar-refractivity contribution in [3.63, 3.8) is 0 Å². The molecule has 1 aromatic heterocycles. The van der Waals surface area contributed by atoms with Crippen LogP contribution in [0.3, 0.4) is 0 Å². The second-order valence-electron chi connectivity index (χ2n) is 7.12. The molecule has 1 aliphatic heterocycles. The van der Waals surface area contributed by atoms with Crippen molar-refractivity contribution in [3.05, 3.63) is 47.3 Å². The minimum absolute atomic E-state index is 0.00688. The molecule has 1 N–H and O–H groups in total. The van der Waals surface area contributed by atoms with Crippen LogP contribution in [0.5, 0.6) is 0 Å². The van der Waals surface area contributed by atoms with Gasteiger partial charge in [-0.1, -0.05) is 18.2 Å². The van der Waals surface area contributed by atoms with E-state index in [0.717, 1.165) is 43.7 Å². The van der Waals surface area contributed by atoms with Crippen LogP contribution in [-0.4, -0.2) is 28.4 Å². The number of hydrogen-bond acceptors (Lipinski definition) is 3. The molecule has 2 heterocycles. The molecular weight excluding hydrogens is 314 g/mol. The molecule has 25 heavy (non-hydrogen) atoms. The first kappa shape index (κ1) is 16.3. The fourth-order valence-electron chi connectivity index (χ4n) is 3.81. The highest BCUT2D eigenvalue weighted by molar-refractivity contribution is 5.92. The second kappa shape index (κ2) is 7.40. The number of amides is 1. The quantitative estimate of drug-likeness (QED) is 0.910. The molecule has 1 saturated heterocycles. The first-order chi connectivity index (χ1) is 12.3. The molecule has 0 bridgehead atoms. The largest absolute Gasteiger partial charge is 0.376 e. The van der Waals surface area contributed by atoms with Crippen molar-refractivity contribution in [2.24, 2.45) is 0 Å². The Morgan fingerprint density at radius 1 is 1.24 bits per heavy atom. The summed E-state index contributed by atoms with van der Waals surface area (Å²) >= 11 is 0. The molecule has 1 atom stereocenters. The van der Waals surface area contributed by atoms with E-state index in [1.165, 1.54) is 30.4 Å². The van der Waals surface area contributed by atoms with Crippen molar-refractivity contribution in [2.75, 3.05) is 11.9 Å². The van der Waals surface area contributed by atoms with Gasteiger partial charge in [0.15, 0.2) is 0 Å². The first-order valence-corrected chi connectivity index (χ1v) is 9.31. The maximum absolute atomic E-state index is 12.3. The fourth-order valence-corrected chi connectivity index (χ4v) is 3.81. The summed E-state index contributed by atoms with van der Waals surface area (Å²) in [6.45, 7) is 1.59. The van der Waals surface area contributed by atoms with Crippen LogP contribution < -0.4 is 5.32 Å². The number of nitrogens with zero attached hydrogens (tertiary/aromatic N) is 2. The molecule has 1 aliphatic carbocycles. The van der Waals surface area contributed by atoms with E-state index >= 15 is 0 Å². The fraction of sp³-hybridized carbons (Fsp3) is 0.500. The Labute approximate surface area is 148 Å². The maximum atomic E-state index is 12.3. The van der Waals surface area contributed by atoms with Crippen LogP contribution >= 0.6 is 0 Å². The summed E-state index contributed by atoms with van der Waals surface area (Å²) < 4.78 is 7.48. The Bertz CT molecular complexity index is 747. The molecule has 0 saturated carbocycles. The lowest BCUT2D eigenvalue weighted by atomic mass is 9.90. The van der Waals surface area contributed by atoms with Gasteiger partial charge in [0.1, 0.15) is 0 Å². The molecule has 4 rings (SSSR count). The molecule has 0 spiro atoms. The van der Waals surface area contributed by atoms with Gasteiger partial charge < -0.3 is 10.1 Å². The highest BCUT2D eigenvalue weighted by Gasteiger charge is 2.17. The summed E-state index contributed by atoms with van der Waals surface area (Å²) in [6, 6.07) is 6.48. The molecule has 1 unspecified atom stereocenters. The third kappa shape index (κ3) is 4.10. The van der Waals surface area contributed by atoms with E-state index in [2.05, 4.69) is 28.6 Å². The van der Waals surface area contributed by atoms with E-state index in [4.69, 9.17) is 4.74 Å². The summed E-state index contributed by atoms with van der Waals surface area (Å²) in [5, 5.41) is 7.27. The predicted octanol–water partition coefficient (Wildman–Crippen LogP) is 3.12. The Hall–Kier alpha value is -2.14. The molecular formula is C20H25N3O2. The van der Waals surface area contributed by atoms with Gasteiger partial charge in [-0.25, -0.2) is 0 Å². The molecule has 5 heteroatoms. The Balaban J connectivity index is 1.33.